The summed E-state index contributed by atoms with van der Waals surface area (Å²) in [6, 6.07) is -0.732. The normalized spacial score (nSPS) is 21.9. The molecule has 0 aromatic rings. The summed E-state index contributed by atoms with van der Waals surface area (Å²) >= 11 is 4.57. The number of hydrogen-bond acceptors (Lipinski definition) is 5. The molecule has 0 aliphatic carbocycles. The molecule has 6 nitrogen and oxygen atoms in total. The SMILES string of the molecule is COC(=O)C1CCCN1S(=O)(=O)CC(N)=S. The fourth-order valence-corrected chi connectivity index (χ4v) is 3.67. The molecule has 0 aromatic carbocycles. The van der Waals surface area contributed by atoms with Crippen molar-refractivity contribution in [1.82, 2.24) is 4.31 Å². The van der Waals surface area contributed by atoms with Crippen molar-refractivity contribution in [2.24, 2.45) is 5.73 Å². The first-order valence-corrected chi connectivity index (χ1v) is 6.76. The van der Waals surface area contributed by atoms with Gasteiger partial charge in [0.15, 0.2) is 0 Å². The van der Waals surface area contributed by atoms with Crippen LogP contribution in [0.1, 0.15) is 12.8 Å². The van der Waals surface area contributed by atoms with Crippen molar-refractivity contribution in [3.8, 4) is 0 Å². The molecule has 0 saturated carbocycles. The zero-order valence-corrected chi connectivity index (χ0v) is 10.5. The number of rotatable bonds is 4. The third-order valence-electron chi connectivity index (χ3n) is 2.36. The van der Waals surface area contributed by atoms with E-state index in [4.69, 9.17) is 5.73 Å². The van der Waals surface area contributed by atoms with E-state index in [0.29, 0.717) is 19.4 Å². The van der Waals surface area contributed by atoms with Gasteiger partial charge in [-0.2, -0.15) is 4.31 Å². The highest BCUT2D eigenvalue weighted by Gasteiger charge is 2.39. The van der Waals surface area contributed by atoms with E-state index >= 15 is 0 Å². The summed E-state index contributed by atoms with van der Waals surface area (Å²) in [5.41, 5.74) is 5.21. The van der Waals surface area contributed by atoms with Gasteiger partial charge in [0.25, 0.3) is 0 Å². The summed E-state index contributed by atoms with van der Waals surface area (Å²) in [4.78, 5) is 11.3. The second-order valence-electron chi connectivity index (χ2n) is 3.51. The van der Waals surface area contributed by atoms with Gasteiger partial charge in [-0.3, -0.25) is 4.79 Å². The predicted octanol–water partition coefficient (Wildman–Crippen LogP) is -0.760. The fourth-order valence-electron chi connectivity index (χ4n) is 1.71. The first-order valence-electron chi connectivity index (χ1n) is 4.74. The van der Waals surface area contributed by atoms with Gasteiger partial charge in [-0.1, -0.05) is 12.2 Å². The number of sulfonamides is 1. The molecule has 1 rings (SSSR count). The van der Waals surface area contributed by atoms with E-state index in [1.807, 2.05) is 0 Å². The molecule has 1 heterocycles. The zero-order chi connectivity index (χ0) is 12.3. The van der Waals surface area contributed by atoms with Crippen LogP contribution in [0.25, 0.3) is 0 Å². The van der Waals surface area contributed by atoms with Gasteiger partial charge < -0.3 is 10.5 Å². The molecule has 92 valence electrons. The lowest BCUT2D eigenvalue weighted by Crippen LogP contribution is -2.44. The molecule has 0 aromatic heterocycles. The van der Waals surface area contributed by atoms with E-state index in [9.17, 15) is 13.2 Å². The predicted molar refractivity (Wildman–Crippen MR) is 62.3 cm³/mol. The second kappa shape index (κ2) is 5.07. The lowest BCUT2D eigenvalue weighted by atomic mass is 10.2. The van der Waals surface area contributed by atoms with Crippen LogP contribution in [0.2, 0.25) is 0 Å². The van der Waals surface area contributed by atoms with Gasteiger partial charge in [0.05, 0.1) is 12.1 Å². The van der Waals surface area contributed by atoms with Crippen LogP contribution < -0.4 is 5.73 Å². The van der Waals surface area contributed by atoms with Gasteiger partial charge in [0.2, 0.25) is 10.0 Å². The van der Waals surface area contributed by atoms with E-state index in [2.05, 4.69) is 17.0 Å². The highest BCUT2D eigenvalue weighted by Crippen LogP contribution is 2.22. The van der Waals surface area contributed by atoms with Crippen LogP contribution in [0.3, 0.4) is 0 Å². The average Bonchev–Trinajstić information content (AvgIpc) is 2.63. The summed E-state index contributed by atoms with van der Waals surface area (Å²) in [5, 5.41) is 0. The van der Waals surface area contributed by atoms with E-state index in [1.165, 1.54) is 7.11 Å². The minimum absolute atomic E-state index is 0.101. The smallest absolute Gasteiger partial charge is 0.324 e. The van der Waals surface area contributed by atoms with Gasteiger partial charge in [0.1, 0.15) is 11.8 Å². The Kier molecular flexibility index (Phi) is 4.22. The molecular weight excluding hydrogens is 252 g/mol. The minimum Gasteiger partial charge on any atom is -0.468 e. The van der Waals surface area contributed by atoms with Crippen molar-refractivity contribution in [1.29, 1.82) is 0 Å². The highest BCUT2D eigenvalue weighted by molar-refractivity contribution is 7.92. The standard InChI is InChI=1S/C8H14N2O4S2/c1-14-8(11)6-3-2-4-10(6)16(12,13)5-7(9)15/h6H,2-5H2,1H3,(H2,9,15). The summed E-state index contributed by atoms with van der Waals surface area (Å²) < 4.78 is 29.3. The Hall–Kier alpha value is -0.730. The van der Waals surface area contributed by atoms with Crippen molar-refractivity contribution in [2.45, 2.75) is 18.9 Å². The van der Waals surface area contributed by atoms with Crippen LogP contribution in [-0.2, 0) is 19.6 Å². The molecule has 1 atom stereocenters. The van der Waals surface area contributed by atoms with E-state index in [-0.39, 0.29) is 4.99 Å². The Morgan fingerprint density at radius 3 is 2.75 bits per heavy atom. The maximum absolute atomic E-state index is 11.8. The lowest BCUT2D eigenvalue weighted by Gasteiger charge is -2.21. The monoisotopic (exact) mass is 266 g/mol. The fraction of sp³-hybridized carbons (Fsp3) is 0.750. The molecule has 16 heavy (non-hydrogen) atoms. The van der Waals surface area contributed by atoms with Crippen molar-refractivity contribution >= 4 is 33.2 Å². The van der Waals surface area contributed by atoms with Crippen molar-refractivity contribution in [2.75, 3.05) is 19.4 Å². The number of ether oxygens (including phenoxy) is 1. The first kappa shape index (κ1) is 13.3. The van der Waals surface area contributed by atoms with E-state index in [0.717, 1.165) is 4.31 Å². The quantitative estimate of drug-likeness (QED) is 0.531. The zero-order valence-electron chi connectivity index (χ0n) is 8.88. The largest absolute Gasteiger partial charge is 0.468 e. The van der Waals surface area contributed by atoms with Crippen LogP contribution in [-0.4, -0.2) is 49.1 Å². The Morgan fingerprint density at radius 1 is 1.62 bits per heavy atom. The molecule has 0 amide bonds. The van der Waals surface area contributed by atoms with Gasteiger partial charge in [-0.05, 0) is 12.8 Å². The summed E-state index contributed by atoms with van der Waals surface area (Å²) in [6.45, 7) is 0.310. The number of carbonyl (C=O) groups is 1. The van der Waals surface area contributed by atoms with Gasteiger partial charge in [-0.15, -0.1) is 0 Å². The number of nitrogens with zero attached hydrogens (tertiary/aromatic N) is 1. The number of thiocarbonyl (C=S) groups is 1. The van der Waals surface area contributed by atoms with Crippen molar-refractivity contribution < 1.29 is 17.9 Å². The molecule has 1 saturated heterocycles. The molecular formula is C8H14N2O4S2. The minimum atomic E-state index is -3.60. The number of hydrogen-bond donors (Lipinski definition) is 1. The molecule has 2 N–H and O–H groups in total. The van der Waals surface area contributed by atoms with E-state index < -0.39 is 27.8 Å². The maximum atomic E-state index is 11.8. The lowest BCUT2D eigenvalue weighted by molar-refractivity contribution is -0.144. The Balaban J connectivity index is 2.86. The Labute approximate surface area is 99.8 Å². The van der Waals surface area contributed by atoms with Crippen LogP contribution in [0.4, 0.5) is 0 Å². The van der Waals surface area contributed by atoms with Crippen LogP contribution in [0.5, 0.6) is 0 Å². The molecule has 1 fully saturated rings. The molecule has 0 spiro atoms. The summed E-state index contributed by atoms with van der Waals surface area (Å²) in [7, 11) is -2.36. The number of nitrogens with two attached hydrogens (primary N) is 1. The second-order valence-corrected chi connectivity index (χ2v) is 5.96. The van der Waals surface area contributed by atoms with Gasteiger partial charge in [0, 0.05) is 6.54 Å². The first-order chi connectivity index (χ1) is 7.38. The van der Waals surface area contributed by atoms with Crippen LogP contribution in [0.15, 0.2) is 0 Å². The Morgan fingerprint density at radius 2 is 2.25 bits per heavy atom. The number of carbonyl (C=O) groups excluding carboxylic acids is 1. The third kappa shape index (κ3) is 2.89. The van der Waals surface area contributed by atoms with E-state index in [1.54, 1.807) is 0 Å². The van der Waals surface area contributed by atoms with Crippen LogP contribution >= 0.6 is 12.2 Å². The Bertz CT molecular complexity index is 393. The maximum Gasteiger partial charge on any atom is 0.324 e. The molecule has 1 unspecified atom stereocenters. The average molecular weight is 266 g/mol. The third-order valence-corrected chi connectivity index (χ3v) is 4.51. The molecule has 0 radical (unpaired) electrons. The van der Waals surface area contributed by atoms with Crippen molar-refractivity contribution in [3.63, 3.8) is 0 Å². The van der Waals surface area contributed by atoms with Crippen molar-refractivity contribution in [3.05, 3.63) is 0 Å². The molecule has 0 bridgehead atoms. The molecule has 1 aliphatic heterocycles. The topological polar surface area (TPSA) is 89.7 Å². The summed E-state index contributed by atoms with van der Waals surface area (Å²) in [5.74, 6) is -0.945. The highest BCUT2D eigenvalue weighted by atomic mass is 32.2. The number of methoxy groups -OCH3 is 1. The number of esters is 1. The van der Waals surface area contributed by atoms with Crippen LogP contribution in [0, 0.1) is 0 Å². The van der Waals surface area contributed by atoms with Gasteiger partial charge >= 0.3 is 5.97 Å². The molecule has 1 aliphatic rings. The summed E-state index contributed by atoms with van der Waals surface area (Å²) in [6.07, 6.45) is 1.11. The van der Waals surface area contributed by atoms with Gasteiger partial charge in [-0.25, -0.2) is 8.42 Å². The molecule has 8 heteroatoms.